The van der Waals surface area contributed by atoms with Crippen LogP contribution >= 0.6 is 11.3 Å². The van der Waals surface area contributed by atoms with Crippen LogP contribution in [0.5, 0.6) is 0 Å². The summed E-state index contributed by atoms with van der Waals surface area (Å²) in [7, 11) is 0. The zero-order chi connectivity index (χ0) is 16.7. The van der Waals surface area contributed by atoms with Gasteiger partial charge in [0, 0.05) is 18.0 Å². The average molecular weight is 347 g/mol. The highest BCUT2D eigenvalue weighted by molar-refractivity contribution is 7.18. The predicted octanol–water partition coefficient (Wildman–Crippen LogP) is 1.44. The van der Waals surface area contributed by atoms with Gasteiger partial charge in [-0.25, -0.2) is 4.98 Å². The third-order valence-electron chi connectivity index (χ3n) is 4.95. The molecule has 0 spiro atoms. The van der Waals surface area contributed by atoms with E-state index in [2.05, 4.69) is 11.9 Å². The van der Waals surface area contributed by atoms with E-state index in [1.54, 1.807) is 16.2 Å². The van der Waals surface area contributed by atoms with Gasteiger partial charge >= 0.3 is 0 Å². The molecule has 128 valence electrons. The van der Waals surface area contributed by atoms with Crippen LogP contribution in [0.2, 0.25) is 0 Å². The standard InChI is InChI=1S/C17H21N3O3S/c1-11-2-3-12-13(8-11)24-16-15(12)17(22)20(10-18-16)9-14(21)19-4-6-23-7-5-19/h10-11H,2-9H2,1H3. The van der Waals surface area contributed by atoms with Crippen LogP contribution in [0.3, 0.4) is 0 Å². The number of aryl methyl sites for hydroxylation is 1. The van der Waals surface area contributed by atoms with Gasteiger partial charge in [-0.05, 0) is 30.7 Å². The zero-order valence-electron chi connectivity index (χ0n) is 13.8. The third-order valence-corrected chi connectivity index (χ3v) is 6.11. The van der Waals surface area contributed by atoms with Crippen LogP contribution in [0.25, 0.3) is 10.2 Å². The van der Waals surface area contributed by atoms with Crippen molar-refractivity contribution < 1.29 is 9.53 Å². The van der Waals surface area contributed by atoms with Crippen LogP contribution in [-0.2, 0) is 28.9 Å². The maximum atomic E-state index is 12.9. The highest BCUT2D eigenvalue weighted by atomic mass is 32.1. The second-order valence-electron chi connectivity index (χ2n) is 6.70. The fourth-order valence-electron chi connectivity index (χ4n) is 3.54. The molecular weight excluding hydrogens is 326 g/mol. The van der Waals surface area contributed by atoms with Gasteiger partial charge in [0.05, 0.1) is 24.9 Å². The quantitative estimate of drug-likeness (QED) is 0.825. The van der Waals surface area contributed by atoms with Gasteiger partial charge in [-0.15, -0.1) is 11.3 Å². The van der Waals surface area contributed by atoms with E-state index in [9.17, 15) is 9.59 Å². The number of carbonyl (C=O) groups is 1. The summed E-state index contributed by atoms with van der Waals surface area (Å²) in [6, 6.07) is 0. The van der Waals surface area contributed by atoms with E-state index in [0.29, 0.717) is 32.2 Å². The van der Waals surface area contributed by atoms with Crippen molar-refractivity contribution in [2.45, 2.75) is 32.7 Å². The molecule has 0 radical (unpaired) electrons. The Labute approximate surface area is 144 Å². The molecule has 7 heteroatoms. The van der Waals surface area contributed by atoms with Crippen molar-refractivity contribution in [3.63, 3.8) is 0 Å². The minimum atomic E-state index is -0.0753. The molecule has 4 rings (SSSR count). The van der Waals surface area contributed by atoms with Crippen molar-refractivity contribution in [1.82, 2.24) is 14.5 Å². The average Bonchev–Trinajstić information content (AvgIpc) is 2.96. The van der Waals surface area contributed by atoms with Gasteiger partial charge in [0.1, 0.15) is 11.4 Å². The Kier molecular flexibility index (Phi) is 4.14. The Balaban J connectivity index is 1.66. The van der Waals surface area contributed by atoms with Crippen LogP contribution in [0.15, 0.2) is 11.1 Å². The second kappa shape index (κ2) is 6.29. The molecule has 2 aliphatic rings. The number of ether oxygens (including phenoxy) is 1. The highest BCUT2D eigenvalue weighted by Crippen LogP contribution is 2.35. The zero-order valence-corrected chi connectivity index (χ0v) is 14.6. The maximum Gasteiger partial charge on any atom is 0.262 e. The van der Waals surface area contributed by atoms with Gasteiger partial charge < -0.3 is 9.64 Å². The molecule has 1 amide bonds. The number of nitrogens with zero attached hydrogens (tertiary/aromatic N) is 3. The maximum absolute atomic E-state index is 12.9. The number of carbonyl (C=O) groups excluding carboxylic acids is 1. The van der Waals surface area contributed by atoms with Crippen molar-refractivity contribution in [2.24, 2.45) is 5.92 Å². The van der Waals surface area contributed by atoms with E-state index in [-0.39, 0.29) is 18.0 Å². The fourth-order valence-corrected chi connectivity index (χ4v) is 4.88. The highest BCUT2D eigenvalue weighted by Gasteiger charge is 2.24. The molecule has 0 N–H and O–H groups in total. The molecule has 2 aromatic rings. The van der Waals surface area contributed by atoms with Crippen molar-refractivity contribution in [2.75, 3.05) is 26.3 Å². The molecule has 24 heavy (non-hydrogen) atoms. The van der Waals surface area contributed by atoms with Crippen LogP contribution < -0.4 is 5.56 Å². The van der Waals surface area contributed by atoms with E-state index in [4.69, 9.17) is 4.74 Å². The van der Waals surface area contributed by atoms with Gasteiger partial charge in [0.15, 0.2) is 0 Å². The lowest BCUT2D eigenvalue weighted by atomic mass is 9.89. The molecule has 3 heterocycles. The first-order valence-electron chi connectivity index (χ1n) is 8.48. The number of aromatic nitrogens is 2. The van der Waals surface area contributed by atoms with Crippen LogP contribution in [0.4, 0.5) is 0 Å². The molecule has 1 aliphatic carbocycles. The summed E-state index contributed by atoms with van der Waals surface area (Å²) in [6.07, 6.45) is 4.60. The summed E-state index contributed by atoms with van der Waals surface area (Å²) < 4.78 is 6.73. The predicted molar refractivity (Wildman–Crippen MR) is 92.5 cm³/mol. The molecule has 1 atom stereocenters. The van der Waals surface area contributed by atoms with Crippen molar-refractivity contribution in [1.29, 1.82) is 0 Å². The minimum Gasteiger partial charge on any atom is -0.378 e. The lowest BCUT2D eigenvalue weighted by molar-refractivity contribution is -0.135. The van der Waals surface area contributed by atoms with E-state index in [0.717, 1.165) is 29.5 Å². The molecule has 1 saturated heterocycles. The fraction of sp³-hybridized carbons (Fsp3) is 0.588. The van der Waals surface area contributed by atoms with Crippen molar-refractivity contribution in [3.05, 3.63) is 27.1 Å². The second-order valence-corrected chi connectivity index (χ2v) is 7.79. The Hall–Kier alpha value is -1.73. The largest absolute Gasteiger partial charge is 0.378 e. The molecule has 0 aromatic carbocycles. The number of morpholine rings is 1. The lowest BCUT2D eigenvalue weighted by Gasteiger charge is -2.27. The topological polar surface area (TPSA) is 64.4 Å². The molecule has 2 aromatic heterocycles. The molecular formula is C17H21N3O3S. The molecule has 1 fully saturated rings. The Morgan fingerprint density at radius 2 is 2.21 bits per heavy atom. The number of fused-ring (bicyclic) bond motifs is 3. The van der Waals surface area contributed by atoms with Crippen LogP contribution in [-0.4, -0.2) is 46.7 Å². The van der Waals surface area contributed by atoms with Crippen molar-refractivity contribution in [3.8, 4) is 0 Å². The summed E-state index contributed by atoms with van der Waals surface area (Å²) in [5.74, 6) is 0.620. The van der Waals surface area contributed by atoms with E-state index in [1.165, 1.54) is 21.3 Å². The van der Waals surface area contributed by atoms with Gasteiger partial charge in [-0.1, -0.05) is 6.92 Å². The SMILES string of the molecule is CC1CCc2c(sc3ncn(CC(=O)N4CCOCC4)c(=O)c23)C1. The van der Waals surface area contributed by atoms with Crippen LogP contribution in [0.1, 0.15) is 23.8 Å². The Bertz CT molecular complexity index is 835. The van der Waals surface area contributed by atoms with Gasteiger partial charge in [0.2, 0.25) is 5.91 Å². The monoisotopic (exact) mass is 347 g/mol. The molecule has 6 nitrogen and oxygen atoms in total. The number of thiophene rings is 1. The Morgan fingerprint density at radius 1 is 1.42 bits per heavy atom. The van der Waals surface area contributed by atoms with Gasteiger partial charge in [0.25, 0.3) is 5.56 Å². The van der Waals surface area contributed by atoms with Crippen LogP contribution in [0, 0.1) is 5.92 Å². The van der Waals surface area contributed by atoms with Gasteiger partial charge in [-0.2, -0.15) is 0 Å². The minimum absolute atomic E-state index is 0.0423. The van der Waals surface area contributed by atoms with E-state index < -0.39 is 0 Å². The Morgan fingerprint density at radius 3 is 3.00 bits per heavy atom. The number of rotatable bonds is 2. The molecule has 0 bridgehead atoms. The van der Waals surface area contributed by atoms with E-state index in [1.807, 2.05) is 0 Å². The van der Waals surface area contributed by atoms with Crippen molar-refractivity contribution >= 4 is 27.5 Å². The first-order chi connectivity index (χ1) is 11.6. The number of amides is 1. The van der Waals surface area contributed by atoms with E-state index >= 15 is 0 Å². The molecule has 1 unspecified atom stereocenters. The first-order valence-corrected chi connectivity index (χ1v) is 9.30. The summed E-state index contributed by atoms with van der Waals surface area (Å²) in [4.78, 5) is 33.6. The van der Waals surface area contributed by atoms with Gasteiger partial charge in [-0.3, -0.25) is 14.2 Å². The summed E-state index contributed by atoms with van der Waals surface area (Å²) >= 11 is 1.64. The lowest BCUT2D eigenvalue weighted by Crippen LogP contribution is -2.43. The summed E-state index contributed by atoms with van der Waals surface area (Å²) in [5.41, 5.74) is 1.09. The smallest absolute Gasteiger partial charge is 0.262 e. The summed E-state index contributed by atoms with van der Waals surface area (Å²) in [5, 5.41) is 0.735. The molecule has 1 aliphatic heterocycles. The third kappa shape index (κ3) is 2.75. The summed E-state index contributed by atoms with van der Waals surface area (Å²) in [6.45, 7) is 4.62. The number of hydrogen-bond acceptors (Lipinski definition) is 5. The number of hydrogen-bond donors (Lipinski definition) is 0. The normalized spacial score (nSPS) is 21.0. The first kappa shape index (κ1) is 15.8. The molecule has 0 saturated carbocycles.